The highest BCUT2D eigenvalue weighted by molar-refractivity contribution is 5.66. The van der Waals surface area contributed by atoms with E-state index < -0.39 is 5.97 Å². The molecule has 10 heavy (non-hydrogen) atoms. The van der Waals surface area contributed by atoms with Crippen LogP contribution < -0.4 is 0 Å². The minimum atomic E-state index is -0.680. The lowest BCUT2D eigenvalue weighted by atomic mass is 10.2. The number of rotatable bonds is 4. The van der Waals surface area contributed by atoms with Gasteiger partial charge in [-0.05, 0) is 32.5 Å². The first-order valence-corrected chi connectivity index (χ1v) is 3.73. The topological polar surface area (TPSA) is 40.5 Å². The van der Waals surface area contributed by atoms with Gasteiger partial charge in [-0.2, -0.15) is 0 Å². The van der Waals surface area contributed by atoms with Crippen LogP contribution in [0.5, 0.6) is 0 Å². The molecule has 0 spiro atoms. The highest BCUT2D eigenvalue weighted by Crippen LogP contribution is 2.06. The number of carboxylic acid groups (broad SMARTS) is 1. The largest absolute Gasteiger partial charge is 0.481 e. The second-order valence-electron chi connectivity index (χ2n) is 2.69. The molecular formula is C7H13NO2. The molecule has 1 fully saturated rings. The van der Waals surface area contributed by atoms with E-state index in [9.17, 15) is 4.79 Å². The Morgan fingerprint density at radius 2 is 2.20 bits per heavy atom. The minimum Gasteiger partial charge on any atom is -0.481 e. The van der Waals surface area contributed by atoms with E-state index in [1.165, 1.54) is 19.5 Å². The van der Waals surface area contributed by atoms with Crippen LogP contribution in [-0.2, 0) is 4.79 Å². The standard InChI is InChI=1S/C7H13NO2/c9-7(10)3-1-4-8-5-2-6-8/h1-6H2,(H,9,10). The first-order valence-electron chi connectivity index (χ1n) is 3.73. The van der Waals surface area contributed by atoms with Crippen molar-refractivity contribution in [3.63, 3.8) is 0 Å². The molecule has 0 bridgehead atoms. The zero-order chi connectivity index (χ0) is 7.40. The van der Waals surface area contributed by atoms with Gasteiger partial charge >= 0.3 is 5.97 Å². The Balaban J connectivity index is 1.89. The molecule has 58 valence electrons. The molecule has 0 unspecified atom stereocenters. The molecule has 0 saturated carbocycles. The van der Waals surface area contributed by atoms with E-state index in [1.807, 2.05) is 0 Å². The molecule has 0 aromatic carbocycles. The molecule has 1 aliphatic heterocycles. The maximum absolute atomic E-state index is 10.1. The van der Waals surface area contributed by atoms with E-state index in [1.54, 1.807) is 0 Å². The predicted molar refractivity (Wildman–Crippen MR) is 37.9 cm³/mol. The molecule has 1 saturated heterocycles. The van der Waals surface area contributed by atoms with Crippen molar-refractivity contribution < 1.29 is 9.90 Å². The number of hydrogen-bond acceptors (Lipinski definition) is 2. The summed E-state index contributed by atoms with van der Waals surface area (Å²) in [7, 11) is 0. The third-order valence-corrected chi connectivity index (χ3v) is 1.81. The summed E-state index contributed by atoms with van der Waals surface area (Å²) in [4.78, 5) is 12.3. The zero-order valence-electron chi connectivity index (χ0n) is 6.05. The maximum Gasteiger partial charge on any atom is 0.303 e. The number of carbonyl (C=O) groups is 1. The average Bonchev–Trinajstić information content (AvgIpc) is 1.75. The van der Waals surface area contributed by atoms with Crippen LogP contribution in [0.1, 0.15) is 19.3 Å². The normalized spacial score (nSPS) is 18.4. The Morgan fingerprint density at radius 3 is 2.60 bits per heavy atom. The average molecular weight is 143 g/mol. The van der Waals surface area contributed by atoms with Crippen molar-refractivity contribution in [1.29, 1.82) is 0 Å². The van der Waals surface area contributed by atoms with Crippen molar-refractivity contribution in [3.8, 4) is 0 Å². The Labute approximate surface area is 60.6 Å². The molecule has 1 rings (SSSR count). The van der Waals surface area contributed by atoms with Gasteiger partial charge in [-0.1, -0.05) is 0 Å². The van der Waals surface area contributed by atoms with Gasteiger partial charge in [0.25, 0.3) is 0 Å². The second kappa shape index (κ2) is 3.56. The molecule has 3 nitrogen and oxygen atoms in total. The predicted octanol–water partition coefficient (Wildman–Crippen LogP) is 0.557. The Morgan fingerprint density at radius 1 is 1.50 bits per heavy atom. The highest BCUT2D eigenvalue weighted by Gasteiger charge is 2.12. The van der Waals surface area contributed by atoms with E-state index >= 15 is 0 Å². The second-order valence-corrected chi connectivity index (χ2v) is 2.69. The number of nitrogens with zero attached hydrogens (tertiary/aromatic N) is 1. The molecule has 1 heterocycles. The van der Waals surface area contributed by atoms with Crippen LogP contribution in [0.15, 0.2) is 0 Å². The van der Waals surface area contributed by atoms with Crippen molar-refractivity contribution in [2.75, 3.05) is 19.6 Å². The molecule has 3 heteroatoms. The lowest BCUT2D eigenvalue weighted by molar-refractivity contribution is -0.137. The van der Waals surface area contributed by atoms with E-state index in [2.05, 4.69) is 4.90 Å². The fourth-order valence-corrected chi connectivity index (χ4v) is 1.06. The van der Waals surface area contributed by atoms with Crippen molar-refractivity contribution in [2.45, 2.75) is 19.3 Å². The van der Waals surface area contributed by atoms with Crippen LogP contribution in [0, 0.1) is 0 Å². The highest BCUT2D eigenvalue weighted by atomic mass is 16.4. The maximum atomic E-state index is 10.1. The molecule has 0 aromatic rings. The summed E-state index contributed by atoms with van der Waals surface area (Å²) in [6, 6.07) is 0. The first kappa shape index (κ1) is 7.54. The van der Waals surface area contributed by atoms with Crippen LogP contribution >= 0.6 is 0 Å². The lowest BCUT2D eigenvalue weighted by Gasteiger charge is -2.30. The Bertz CT molecular complexity index is 121. The minimum absolute atomic E-state index is 0.316. The number of carboxylic acids is 1. The van der Waals surface area contributed by atoms with Gasteiger partial charge in [0.15, 0.2) is 0 Å². The van der Waals surface area contributed by atoms with Gasteiger partial charge in [0.05, 0.1) is 0 Å². The molecule has 1 aliphatic rings. The van der Waals surface area contributed by atoms with Gasteiger partial charge in [-0.3, -0.25) is 4.79 Å². The third kappa shape index (κ3) is 2.35. The van der Waals surface area contributed by atoms with Crippen molar-refractivity contribution >= 4 is 5.97 Å². The van der Waals surface area contributed by atoms with Crippen LogP contribution in [0.25, 0.3) is 0 Å². The van der Waals surface area contributed by atoms with Gasteiger partial charge in [0.1, 0.15) is 0 Å². The summed E-state index contributed by atoms with van der Waals surface area (Å²) in [5, 5.41) is 8.30. The van der Waals surface area contributed by atoms with Crippen molar-refractivity contribution in [1.82, 2.24) is 4.90 Å². The van der Waals surface area contributed by atoms with E-state index in [-0.39, 0.29) is 0 Å². The quantitative estimate of drug-likeness (QED) is 0.625. The van der Waals surface area contributed by atoms with E-state index in [0.29, 0.717) is 6.42 Å². The number of hydrogen-bond donors (Lipinski definition) is 1. The number of likely N-dealkylation sites (tertiary alicyclic amines) is 1. The van der Waals surface area contributed by atoms with Crippen molar-refractivity contribution in [3.05, 3.63) is 0 Å². The summed E-state index contributed by atoms with van der Waals surface area (Å²) >= 11 is 0. The summed E-state index contributed by atoms with van der Waals surface area (Å²) in [5.74, 6) is -0.680. The first-order chi connectivity index (χ1) is 4.79. The number of aliphatic carboxylic acids is 1. The van der Waals surface area contributed by atoms with Gasteiger partial charge < -0.3 is 10.0 Å². The molecule has 0 aliphatic carbocycles. The smallest absolute Gasteiger partial charge is 0.303 e. The summed E-state index contributed by atoms with van der Waals surface area (Å²) in [6.07, 6.45) is 2.40. The fourth-order valence-electron chi connectivity index (χ4n) is 1.06. The van der Waals surface area contributed by atoms with Gasteiger partial charge in [0, 0.05) is 6.42 Å². The fraction of sp³-hybridized carbons (Fsp3) is 0.857. The van der Waals surface area contributed by atoms with Crippen molar-refractivity contribution in [2.24, 2.45) is 0 Å². The summed E-state index contributed by atoms with van der Waals surface area (Å²) in [5.41, 5.74) is 0. The van der Waals surface area contributed by atoms with Crippen LogP contribution in [0.3, 0.4) is 0 Å². The Kier molecular flexibility index (Phi) is 2.68. The van der Waals surface area contributed by atoms with Gasteiger partial charge in [0.2, 0.25) is 0 Å². The SMILES string of the molecule is O=C(O)CCCN1CCC1. The molecule has 0 amide bonds. The monoisotopic (exact) mass is 143 g/mol. The summed E-state index contributed by atoms with van der Waals surface area (Å²) < 4.78 is 0. The third-order valence-electron chi connectivity index (χ3n) is 1.81. The molecule has 0 atom stereocenters. The molecule has 1 N–H and O–H groups in total. The van der Waals surface area contributed by atoms with E-state index in [0.717, 1.165) is 13.0 Å². The molecule has 0 aromatic heterocycles. The zero-order valence-corrected chi connectivity index (χ0v) is 6.05. The Hall–Kier alpha value is -0.570. The lowest BCUT2D eigenvalue weighted by Crippen LogP contribution is -2.37. The van der Waals surface area contributed by atoms with Crippen LogP contribution in [-0.4, -0.2) is 35.6 Å². The molecule has 0 radical (unpaired) electrons. The summed E-state index contributed by atoms with van der Waals surface area (Å²) in [6.45, 7) is 3.30. The van der Waals surface area contributed by atoms with Crippen LogP contribution in [0.4, 0.5) is 0 Å². The van der Waals surface area contributed by atoms with Gasteiger partial charge in [-0.15, -0.1) is 0 Å². The van der Waals surface area contributed by atoms with E-state index in [4.69, 9.17) is 5.11 Å². The van der Waals surface area contributed by atoms with Gasteiger partial charge in [-0.25, -0.2) is 0 Å². The molecular weight excluding hydrogens is 130 g/mol. The van der Waals surface area contributed by atoms with Crippen LogP contribution in [0.2, 0.25) is 0 Å².